The number of nitrogens with two attached hydrogens (primary N) is 1. The van der Waals surface area contributed by atoms with E-state index in [4.69, 9.17) is 5.84 Å². The highest BCUT2D eigenvalue weighted by Crippen LogP contribution is 2.21. The van der Waals surface area contributed by atoms with E-state index in [1.807, 2.05) is 0 Å². The Morgan fingerprint density at radius 2 is 2.25 bits per heavy atom. The molecule has 0 radical (unpaired) electrons. The second kappa shape index (κ2) is 4.89. The number of aliphatic imine (C=N–C) groups is 1. The van der Waals surface area contributed by atoms with Gasteiger partial charge in [0.15, 0.2) is 5.84 Å². The van der Waals surface area contributed by atoms with Crippen molar-refractivity contribution in [1.29, 1.82) is 0 Å². The molecule has 4 N–H and O–H groups in total. The van der Waals surface area contributed by atoms with Crippen LogP contribution in [0.2, 0.25) is 0 Å². The van der Waals surface area contributed by atoms with Crippen molar-refractivity contribution in [1.82, 2.24) is 15.6 Å². The lowest BCUT2D eigenvalue weighted by molar-refractivity contribution is 0.699. The summed E-state index contributed by atoms with van der Waals surface area (Å²) in [6.07, 6.45) is 4.61. The first-order valence-electron chi connectivity index (χ1n) is 5.40. The van der Waals surface area contributed by atoms with Crippen LogP contribution in [0.25, 0.3) is 0 Å². The molecule has 16 heavy (non-hydrogen) atoms. The number of rotatable bonds is 2. The Balaban J connectivity index is 2.20. The number of amidine groups is 1. The number of hydrogen-bond acceptors (Lipinski definition) is 4. The smallest absolute Gasteiger partial charge is 0.264 e. The molecular weight excluding hydrogens is 206 g/mol. The molecule has 86 valence electrons. The summed E-state index contributed by atoms with van der Waals surface area (Å²) in [5, 5.41) is 6.24. The largest absolute Gasteiger partial charge is 0.307 e. The fourth-order valence-corrected chi connectivity index (χ4v) is 1.87. The lowest BCUT2D eigenvalue weighted by Crippen LogP contribution is -2.33. The van der Waals surface area contributed by atoms with Gasteiger partial charge in [-0.05, 0) is 18.9 Å². The molecule has 1 heterocycles. The highest BCUT2D eigenvalue weighted by Gasteiger charge is 2.15. The average molecular weight is 221 g/mol. The van der Waals surface area contributed by atoms with Crippen LogP contribution in [0.15, 0.2) is 21.9 Å². The van der Waals surface area contributed by atoms with Crippen LogP contribution in [0, 0.1) is 0 Å². The van der Waals surface area contributed by atoms with Gasteiger partial charge >= 0.3 is 0 Å². The second-order valence-electron chi connectivity index (χ2n) is 3.87. The highest BCUT2D eigenvalue weighted by molar-refractivity contribution is 5.96. The number of nitrogens with one attached hydrogen (secondary N) is 2. The second-order valence-corrected chi connectivity index (χ2v) is 3.87. The van der Waals surface area contributed by atoms with E-state index >= 15 is 0 Å². The number of nitrogens with zero attached hydrogens (tertiary/aromatic N) is 2. The molecule has 1 aliphatic carbocycles. The number of H-pyrrole nitrogens is 1. The van der Waals surface area contributed by atoms with Crippen LogP contribution in [0.1, 0.15) is 31.4 Å². The first-order valence-corrected chi connectivity index (χ1v) is 5.40. The van der Waals surface area contributed by atoms with Gasteiger partial charge in [0.2, 0.25) is 0 Å². The predicted molar refractivity (Wildman–Crippen MR) is 61.0 cm³/mol. The summed E-state index contributed by atoms with van der Waals surface area (Å²) in [6.45, 7) is 0. The quantitative estimate of drug-likeness (QED) is 0.282. The van der Waals surface area contributed by atoms with Gasteiger partial charge in [-0.3, -0.25) is 9.79 Å². The molecule has 0 aliphatic heterocycles. The average Bonchev–Trinajstić information content (AvgIpc) is 2.80. The van der Waals surface area contributed by atoms with Gasteiger partial charge < -0.3 is 5.43 Å². The van der Waals surface area contributed by atoms with Gasteiger partial charge in [0.25, 0.3) is 5.56 Å². The third-order valence-corrected chi connectivity index (χ3v) is 2.69. The van der Waals surface area contributed by atoms with Crippen molar-refractivity contribution in [3.8, 4) is 0 Å². The third-order valence-electron chi connectivity index (χ3n) is 2.69. The Morgan fingerprint density at radius 1 is 1.50 bits per heavy atom. The van der Waals surface area contributed by atoms with Crippen LogP contribution in [0.5, 0.6) is 0 Å². The van der Waals surface area contributed by atoms with Crippen molar-refractivity contribution < 1.29 is 0 Å². The van der Waals surface area contributed by atoms with Crippen molar-refractivity contribution in [3.05, 3.63) is 28.2 Å². The van der Waals surface area contributed by atoms with E-state index in [1.54, 1.807) is 6.07 Å². The molecule has 6 nitrogen and oxygen atoms in total. The maximum atomic E-state index is 10.9. The van der Waals surface area contributed by atoms with E-state index in [0.29, 0.717) is 17.6 Å². The topological polar surface area (TPSA) is 96.2 Å². The monoisotopic (exact) mass is 221 g/mol. The molecule has 1 aromatic rings. The van der Waals surface area contributed by atoms with Gasteiger partial charge in [0.1, 0.15) is 5.69 Å². The molecule has 0 saturated heterocycles. The zero-order valence-corrected chi connectivity index (χ0v) is 8.94. The summed E-state index contributed by atoms with van der Waals surface area (Å²) < 4.78 is 0. The van der Waals surface area contributed by atoms with Crippen LogP contribution in [-0.4, -0.2) is 22.1 Å². The summed E-state index contributed by atoms with van der Waals surface area (Å²) in [4.78, 5) is 15.4. The summed E-state index contributed by atoms with van der Waals surface area (Å²) in [5.41, 5.74) is 2.86. The van der Waals surface area contributed by atoms with Gasteiger partial charge in [-0.25, -0.2) is 10.9 Å². The van der Waals surface area contributed by atoms with Crippen molar-refractivity contribution >= 4 is 5.84 Å². The fraction of sp³-hybridized carbons (Fsp3) is 0.500. The van der Waals surface area contributed by atoms with Gasteiger partial charge in [-0.1, -0.05) is 12.8 Å². The molecular formula is C10H15N5O. The SMILES string of the molecule is NNC(=NC1CCCC1)c1ccc(=O)[nH]n1. The predicted octanol–water partition coefficient (Wildman–Crippen LogP) is -0.0776. The molecule has 0 amide bonds. The van der Waals surface area contributed by atoms with Crippen molar-refractivity contribution in [2.24, 2.45) is 10.8 Å². The minimum atomic E-state index is -0.235. The molecule has 2 rings (SSSR count). The van der Waals surface area contributed by atoms with Crippen LogP contribution >= 0.6 is 0 Å². The van der Waals surface area contributed by atoms with E-state index in [2.05, 4.69) is 20.6 Å². The Labute approximate surface area is 92.9 Å². The molecule has 0 spiro atoms. The van der Waals surface area contributed by atoms with Gasteiger partial charge in [-0.15, -0.1) is 0 Å². The molecule has 0 bridgehead atoms. The molecule has 0 atom stereocenters. The molecule has 0 unspecified atom stereocenters. The minimum Gasteiger partial charge on any atom is -0.307 e. The Bertz CT molecular complexity index is 413. The summed E-state index contributed by atoms with van der Waals surface area (Å²) in [7, 11) is 0. The Morgan fingerprint density at radius 3 is 2.81 bits per heavy atom. The summed E-state index contributed by atoms with van der Waals surface area (Å²) in [6, 6.07) is 3.33. The lowest BCUT2D eigenvalue weighted by Gasteiger charge is -2.07. The summed E-state index contributed by atoms with van der Waals surface area (Å²) in [5.74, 6) is 5.94. The third kappa shape index (κ3) is 2.46. The van der Waals surface area contributed by atoms with E-state index in [9.17, 15) is 4.79 Å². The lowest BCUT2D eigenvalue weighted by atomic mass is 10.2. The Kier molecular flexibility index (Phi) is 3.31. The molecule has 1 saturated carbocycles. The van der Waals surface area contributed by atoms with E-state index < -0.39 is 0 Å². The molecule has 1 aromatic heterocycles. The molecule has 1 aliphatic rings. The normalized spacial score (nSPS) is 17.7. The molecule has 6 heteroatoms. The van der Waals surface area contributed by atoms with Crippen molar-refractivity contribution in [2.75, 3.05) is 0 Å². The van der Waals surface area contributed by atoms with Crippen LogP contribution < -0.4 is 16.8 Å². The maximum Gasteiger partial charge on any atom is 0.264 e. The van der Waals surface area contributed by atoms with Crippen LogP contribution in [0.4, 0.5) is 0 Å². The van der Waals surface area contributed by atoms with E-state index in [-0.39, 0.29) is 5.56 Å². The number of aromatic nitrogens is 2. The number of hydrogen-bond donors (Lipinski definition) is 3. The zero-order chi connectivity index (χ0) is 11.4. The van der Waals surface area contributed by atoms with E-state index in [0.717, 1.165) is 12.8 Å². The van der Waals surface area contributed by atoms with Gasteiger partial charge in [0, 0.05) is 6.07 Å². The van der Waals surface area contributed by atoms with Crippen molar-refractivity contribution in [2.45, 2.75) is 31.7 Å². The first kappa shape index (κ1) is 10.8. The summed E-state index contributed by atoms with van der Waals surface area (Å²) >= 11 is 0. The van der Waals surface area contributed by atoms with E-state index in [1.165, 1.54) is 18.9 Å². The fourth-order valence-electron chi connectivity index (χ4n) is 1.87. The zero-order valence-electron chi connectivity index (χ0n) is 8.94. The maximum absolute atomic E-state index is 10.9. The molecule has 1 fully saturated rings. The van der Waals surface area contributed by atoms with Gasteiger partial charge in [0.05, 0.1) is 6.04 Å². The van der Waals surface area contributed by atoms with Crippen LogP contribution in [0.3, 0.4) is 0 Å². The molecule has 0 aromatic carbocycles. The van der Waals surface area contributed by atoms with Gasteiger partial charge in [-0.2, -0.15) is 5.10 Å². The minimum absolute atomic E-state index is 0.235. The first-order chi connectivity index (χ1) is 7.79. The Hall–Kier alpha value is -1.69. The number of hydrazine groups is 1. The highest BCUT2D eigenvalue weighted by atomic mass is 16.1. The van der Waals surface area contributed by atoms with Crippen LogP contribution in [-0.2, 0) is 0 Å². The standard InChI is InChI=1S/C10H15N5O/c11-13-10(12-7-3-1-2-4-7)8-5-6-9(16)15-14-8/h5-7H,1-4,11H2,(H,12,13)(H,15,16). The van der Waals surface area contributed by atoms with Crippen molar-refractivity contribution in [3.63, 3.8) is 0 Å². The number of aromatic amines is 1.